The summed E-state index contributed by atoms with van der Waals surface area (Å²) in [6.07, 6.45) is 0. The second-order valence-corrected chi connectivity index (χ2v) is 14.5. The lowest BCUT2D eigenvalue weighted by atomic mass is 9.90. The van der Waals surface area contributed by atoms with Gasteiger partial charge in [0, 0.05) is 54.5 Å². The SMILES string of the molecule is Cc1cc2c(c(C)c1-c1cccc3oc4ccccc4c13)c1ccccc1n2-c1ccc2oc3ccc(-n4c5ccccc5c5ccccc54)cc3c2c1. The van der Waals surface area contributed by atoms with Crippen molar-refractivity contribution >= 4 is 87.5 Å². The lowest BCUT2D eigenvalue weighted by Gasteiger charge is -2.15. The molecule has 0 atom stereocenters. The van der Waals surface area contributed by atoms with Crippen molar-refractivity contribution in [2.75, 3.05) is 0 Å². The van der Waals surface area contributed by atoms with Crippen molar-refractivity contribution in [3.05, 3.63) is 169 Å². The van der Waals surface area contributed by atoms with Crippen molar-refractivity contribution < 1.29 is 8.83 Å². The average Bonchev–Trinajstić information content (AvgIpc) is 3.95. The van der Waals surface area contributed by atoms with Crippen LogP contribution in [-0.2, 0) is 0 Å². The van der Waals surface area contributed by atoms with Crippen LogP contribution < -0.4 is 0 Å². The first kappa shape index (κ1) is 29.5. The summed E-state index contributed by atoms with van der Waals surface area (Å²) >= 11 is 0. The fourth-order valence-electron chi connectivity index (χ4n) is 9.40. The fraction of sp³-hybridized carbons (Fsp3) is 0.0400. The molecule has 0 unspecified atom stereocenters. The smallest absolute Gasteiger partial charge is 0.136 e. The molecule has 0 N–H and O–H groups in total. The molecular weight excluding hydrogens is 661 g/mol. The highest BCUT2D eigenvalue weighted by Gasteiger charge is 2.22. The number of hydrogen-bond acceptors (Lipinski definition) is 2. The Labute approximate surface area is 309 Å². The van der Waals surface area contributed by atoms with Gasteiger partial charge in [0.15, 0.2) is 0 Å². The van der Waals surface area contributed by atoms with E-state index in [1.807, 2.05) is 6.07 Å². The van der Waals surface area contributed by atoms with Crippen molar-refractivity contribution in [2.45, 2.75) is 13.8 Å². The topological polar surface area (TPSA) is 36.1 Å². The lowest BCUT2D eigenvalue weighted by molar-refractivity contribution is 0.668. The maximum Gasteiger partial charge on any atom is 0.136 e. The normalized spacial score (nSPS) is 12.3. The summed E-state index contributed by atoms with van der Waals surface area (Å²) in [5.74, 6) is 0. The van der Waals surface area contributed by atoms with Crippen LogP contribution in [0.25, 0.3) is 110 Å². The number of benzene rings is 8. The molecule has 0 saturated heterocycles. The molecule has 0 saturated carbocycles. The fourth-order valence-corrected chi connectivity index (χ4v) is 9.40. The molecule has 0 spiro atoms. The maximum absolute atomic E-state index is 6.48. The molecule has 12 aromatic rings. The molecule has 254 valence electrons. The minimum atomic E-state index is 0.879. The van der Waals surface area contributed by atoms with Gasteiger partial charge in [-0.2, -0.15) is 0 Å². The van der Waals surface area contributed by atoms with Crippen LogP contribution >= 0.6 is 0 Å². The van der Waals surface area contributed by atoms with Gasteiger partial charge in [-0.15, -0.1) is 0 Å². The number of rotatable bonds is 3. The third-order valence-corrected chi connectivity index (χ3v) is 11.6. The summed E-state index contributed by atoms with van der Waals surface area (Å²) in [6, 6.07) is 56.5. The second-order valence-electron chi connectivity index (χ2n) is 14.5. The zero-order valence-electron chi connectivity index (χ0n) is 29.7. The Morgan fingerprint density at radius 2 is 0.870 bits per heavy atom. The molecule has 0 amide bonds. The number of furan rings is 2. The average molecular weight is 693 g/mol. The number of fused-ring (bicyclic) bond motifs is 12. The Morgan fingerprint density at radius 3 is 1.54 bits per heavy atom. The van der Waals surface area contributed by atoms with E-state index in [-0.39, 0.29) is 0 Å². The molecule has 0 fully saturated rings. The summed E-state index contributed by atoms with van der Waals surface area (Å²) in [7, 11) is 0. The van der Waals surface area contributed by atoms with Crippen LogP contribution in [0.4, 0.5) is 0 Å². The summed E-state index contributed by atoms with van der Waals surface area (Å²) < 4.78 is 17.6. The Balaban J connectivity index is 1.09. The number of aromatic nitrogens is 2. The van der Waals surface area contributed by atoms with E-state index in [4.69, 9.17) is 8.83 Å². The predicted molar refractivity (Wildman–Crippen MR) is 225 cm³/mol. The van der Waals surface area contributed by atoms with Gasteiger partial charge in [-0.3, -0.25) is 0 Å². The summed E-state index contributed by atoms with van der Waals surface area (Å²) in [5.41, 5.74) is 15.5. The Bertz CT molecular complexity index is 3480. The summed E-state index contributed by atoms with van der Waals surface area (Å²) in [4.78, 5) is 0. The monoisotopic (exact) mass is 692 g/mol. The van der Waals surface area contributed by atoms with Crippen LogP contribution in [0.3, 0.4) is 0 Å². The van der Waals surface area contributed by atoms with E-state index in [1.54, 1.807) is 0 Å². The third kappa shape index (κ3) is 3.92. The van der Waals surface area contributed by atoms with Crippen LogP contribution in [0.5, 0.6) is 0 Å². The molecule has 8 aromatic carbocycles. The van der Waals surface area contributed by atoms with Gasteiger partial charge in [0.25, 0.3) is 0 Å². The van der Waals surface area contributed by atoms with Crippen LogP contribution in [0, 0.1) is 13.8 Å². The van der Waals surface area contributed by atoms with E-state index < -0.39 is 0 Å². The quantitative estimate of drug-likeness (QED) is 0.185. The molecule has 0 aliphatic rings. The second kappa shape index (κ2) is 10.8. The molecule has 0 aliphatic heterocycles. The van der Waals surface area contributed by atoms with E-state index in [2.05, 4.69) is 175 Å². The largest absolute Gasteiger partial charge is 0.456 e. The van der Waals surface area contributed by atoms with Crippen LogP contribution in [-0.4, -0.2) is 9.13 Å². The Morgan fingerprint density at radius 1 is 0.370 bits per heavy atom. The standard InChI is InChI=1S/C50H32N2O2/c1-29-26-43-49(30(2)48(29)37-16-11-21-47-50(37)36-15-6-10-20-44(36)54-47)35-14-5-9-19-42(35)52(43)32-23-25-46-39(28-32)38-27-31(22-24-45(38)53-46)51-40-17-7-3-12-33(40)34-13-4-8-18-41(34)51/h3-28H,1-2H3. The first-order chi connectivity index (χ1) is 26.6. The van der Waals surface area contributed by atoms with E-state index in [9.17, 15) is 0 Å². The van der Waals surface area contributed by atoms with Gasteiger partial charge < -0.3 is 18.0 Å². The van der Waals surface area contributed by atoms with Crippen LogP contribution in [0.15, 0.2) is 167 Å². The van der Waals surface area contributed by atoms with Gasteiger partial charge in [0.2, 0.25) is 0 Å². The molecule has 0 bridgehead atoms. The van der Waals surface area contributed by atoms with Crippen molar-refractivity contribution in [1.29, 1.82) is 0 Å². The Hall–Kier alpha value is -7.04. The molecule has 12 rings (SSSR count). The van der Waals surface area contributed by atoms with Crippen molar-refractivity contribution in [3.63, 3.8) is 0 Å². The molecule has 54 heavy (non-hydrogen) atoms. The highest BCUT2D eigenvalue weighted by Crippen LogP contribution is 2.45. The van der Waals surface area contributed by atoms with Crippen LogP contribution in [0.1, 0.15) is 11.1 Å². The highest BCUT2D eigenvalue weighted by molar-refractivity contribution is 6.18. The van der Waals surface area contributed by atoms with Gasteiger partial charge in [0.05, 0.1) is 22.1 Å². The molecule has 4 aromatic heterocycles. The van der Waals surface area contributed by atoms with Crippen molar-refractivity contribution in [1.82, 2.24) is 9.13 Å². The summed E-state index contributed by atoms with van der Waals surface area (Å²) in [6.45, 7) is 4.53. The Kier molecular flexibility index (Phi) is 5.88. The zero-order chi connectivity index (χ0) is 35.7. The molecule has 4 heterocycles. The van der Waals surface area contributed by atoms with E-state index in [1.165, 1.54) is 71.3 Å². The van der Waals surface area contributed by atoms with Gasteiger partial charge >= 0.3 is 0 Å². The van der Waals surface area contributed by atoms with Gasteiger partial charge in [-0.1, -0.05) is 84.9 Å². The van der Waals surface area contributed by atoms with Gasteiger partial charge in [0.1, 0.15) is 22.3 Å². The zero-order valence-corrected chi connectivity index (χ0v) is 29.7. The van der Waals surface area contributed by atoms with Crippen molar-refractivity contribution in [2.24, 2.45) is 0 Å². The minimum absolute atomic E-state index is 0.879. The maximum atomic E-state index is 6.48. The lowest BCUT2D eigenvalue weighted by Crippen LogP contribution is -1.96. The first-order valence-electron chi connectivity index (χ1n) is 18.5. The minimum Gasteiger partial charge on any atom is -0.456 e. The molecule has 4 nitrogen and oxygen atoms in total. The van der Waals surface area contributed by atoms with Gasteiger partial charge in [-0.25, -0.2) is 0 Å². The first-order valence-corrected chi connectivity index (χ1v) is 18.5. The molecule has 0 radical (unpaired) electrons. The van der Waals surface area contributed by atoms with E-state index >= 15 is 0 Å². The van der Waals surface area contributed by atoms with Gasteiger partial charge in [-0.05, 0) is 109 Å². The van der Waals surface area contributed by atoms with E-state index in [0.717, 1.165) is 49.9 Å². The molecule has 0 aliphatic carbocycles. The number of para-hydroxylation sites is 4. The van der Waals surface area contributed by atoms with Crippen molar-refractivity contribution in [3.8, 4) is 22.5 Å². The predicted octanol–water partition coefficient (Wildman–Crippen LogP) is 14.0. The number of aryl methyl sites for hydroxylation is 2. The third-order valence-electron chi connectivity index (χ3n) is 11.6. The number of hydrogen-bond donors (Lipinski definition) is 0. The van der Waals surface area contributed by atoms with Crippen LogP contribution in [0.2, 0.25) is 0 Å². The molecular formula is C50H32N2O2. The van der Waals surface area contributed by atoms with E-state index in [0.29, 0.717) is 0 Å². The summed E-state index contributed by atoms with van der Waals surface area (Å²) in [5, 5.41) is 9.51. The number of nitrogens with zero attached hydrogens (tertiary/aromatic N) is 2. The molecule has 4 heteroatoms. The highest BCUT2D eigenvalue weighted by atomic mass is 16.3.